The van der Waals surface area contributed by atoms with Crippen LogP contribution in [0.1, 0.15) is 16.1 Å². The number of hydrogen-bond donors (Lipinski definition) is 0. The van der Waals surface area contributed by atoms with Gasteiger partial charge in [0.15, 0.2) is 10.7 Å². The van der Waals surface area contributed by atoms with Crippen LogP contribution in [0, 0.1) is 0 Å². The highest BCUT2D eigenvalue weighted by molar-refractivity contribution is 7.87. The molecule has 1 aliphatic heterocycles. The van der Waals surface area contributed by atoms with E-state index in [0.717, 1.165) is 16.2 Å². The van der Waals surface area contributed by atoms with Gasteiger partial charge in [0.1, 0.15) is 5.25 Å². The van der Waals surface area contributed by atoms with Crippen LogP contribution in [0.25, 0.3) is 0 Å². The largest absolute Gasteiger partial charge is 0.465 e. The van der Waals surface area contributed by atoms with Crippen LogP contribution >= 0.6 is 11.3 Å². The van der Waals surface area contributed by atoms with Crippen molar-refractivity contribution in [2.24, 2.45) is 0 Å². The molecule has 7 nitrogen and oxygen atoms in total. The summed E-state index contributed by atoms with van der Waals surface area (Å²) in [6.07, 6.45) is -0.461. The Balaban J connectivity index is 2.32. The van der Waals surface area contributed by atoms with Crippen LogP contribution in [0.5, 0.6) is 0 Å². The van der Waals surface area contributed by atoms with Gasteiger partial charge in [0, 0.05) is 13.0 Å². The Morgan fingerprint density at radius 2 is 2.32 bits per heavy atom. The van der Waals surface area contributed by atoms with Gasteiger partial charge in [-0.15, -0.1) is 15.2 Å². The molecule has 19 heavy (non-hydrogen) atoms. The average molecular weight is 308 g/mol. The molecule has 104 valence electrons. The Bertz CT molecular complexity index is 626. The molecule has 2 heterocycles. The average Bonchev–Trinajstić information content (AvgIpc) is 2.92. The number of hydrogen-bond acceptors (Lipinski definition) is 7. The van der Waals surface area contributed by atoms with Gasteiger partial charge in [-0.3, -0.25) is 9.69 Å². The second kappa shape index (κ2) is 4.85. The van der Waals surface area contributed by atoms with Crippen LogP contribution in [0.15, 0.2) is 5.51 Å². The molecule has 10 heteroatoms. The molecule has 0 N–H and O–H groups in total. The number of carbonyl (C=O) groups excluding carboxylic acids is 2. The van der Waals surface area contributed by atoms with E-state index in [2.05, 4.69) is 9.72 Å². The highest BCUT2D eigenvalue weighted by Crippen LogP contribution is 2.29. The summed E-state index contributed by atoms with van der Waals surface area (Å²) in [5.41, 5.74) is 1.33. The van der Waals surface area contributed by atoms with Crippen molar-refractivity contribution in [3.05, 3.63) is 10.4 Å². The van der Waals surface area contributed by atoms with Gasteiger partial charge in [0.05, 0.1) is 12.6 Å². The summed E-state index contributed by atoms with van der Waals surface area (Å²) in [5.74, 6) is -1.27. The van der Waals surface area contributed by atoms with Crippen molar-refractivity contribution in [1.29, 1.82) is 0 Å². The number of carbonyl (C=O) groups is 2. The summed E-state index contributed by atoms with van der Waals surface area (Å²) in [7, 11) is -3.63. The van der Waals surface area contributed by atoms with Crippen molar-refractivity contribution in [3.8, 4) is 0 Å². The van der Waals surface area contributed by atoms with E-state index < -0.39 is 33.8 Å². The lowest BCUT2D eigenvalue weighted by atomic mass is 10.4. The van der Waals surface area contributed by atoms with Crippen LogP contribution in [0.3, 0.4) is 0 Å². The van der Waals surface area contributed by atoms with E-state index in [1.807, 2.05) is 0 Å². The summed E-state index contributed by atoms with van der Waals surface area (Å²) in [6.45, 7) is -0.356. The SMILES string of the molecule is COC(=O)c1scnc1N1CC(S(=O)(=O)F)CC1=O. The summed E-state index contributed by atoms with van der Waals surface area (Å²) >= 11 is 0.957. The van der Waals surface area contributed by atoms with Crippen LogP contribution in [0.4, 0.5) is 9.70 Å². The van der Waals surface area contributed by atoms with E-state index in [-0.39, 0.29) is 17.2 Å². The van der Waals surface area contributed by atoms with Crippen molar-refractivity contribution in [1.82, 2.24) is 4.98 Å². The van der Waals surface area contributed by atoms with Crippen LogP contribution in [-0.4, -0.2) is 44.2 Å². The topological polar surface area (TPSA) is 93.6 Å². The zero-order valence-corrected chi connectivity index (χ0v) is 11.3. The van der Waals surface area contributed by atoms with E-state index in [1.165, 1.54) is 12.6 Å². The molecule has 1 aromatic rings. The third kappa shape index (κ3) is 2.59. The molecule has 0 radical (unpaired) electrons. The molecule has 1 fully saturated rings. The van der Waals surface area contributed by atoms with Gasteiger partial charge in [-0.1, -0.05) is 0 Å². The number of methoxy groups -OCH3 is 1. The summed E-state index contributed by atoms with van der Waals surface area (Å²) in [5, 5.41) is -1.42. The fourth-order valence-corrected chi connectivity index (χ4v) is 3.11. The second-order valence-corrected chi connectivity index (χ2v) is 6.28. The maximum Gasteiger partial charge on any atom is 0.351 e. The Morgan fingerprint density at radius 3 is 2.84 bits per heavy atom. The van der Waals surface area contributed by atoms with E-state index in [4.69, 9.17) is 0 Å². The number of anilines is 1. The highest BCUT2D eigenvalue weighted by atomic mass is 32.3. The Kier molecular flexibility index (Phi) is 3.54. The lowest BCUT2D eigenvalue weighted by Gasteiger charge is -2.14. The number of esters is 1. The van der Waals surface area contributed by atoms with Crippen LogP contribution in [0.2, 0.25) is 0 Å². The van der Waals surface area contributed by atoms with E-state index in [1.54, 1.807) is 0 Å². The summed E-state index contributed by atoms with van der Waals surface area (Å²) < 4.78 is 39.0. The Hall–Kier alpha value is -1.55. The van der Waals surface area contributed by atoms with Gasteiger partial charge in [-0.25, -0.2) is 9.78 Å². The molecule has 0 saturated carbocycles. The van der Waals surface area contributed by atoms with Crippen LogP contribution < -0.4 is 4.90 Å². The number of amides is 1. The van der Waals surface area contributed by atoms with E-state index >= 15 is 0 Å². The van der Waals surface area contributed by atoms with Gasteiger partial charge in [0.2, 0.25) is 5.91 Å². The number of thiazole rings is 1. The van der Waals surface area contributed by atoms with Crippen molar-refractivity contribution in [2.45, 2.75) is 11.7 Å². The molecule has 1 saturated heterocycles. The standard InChI is InChI=1S/C9H9FN2O5S2/c1-17-9(14)7-8(11-4-18-7)12-3-5(2-6(12)13)19(10,15)16/h4-5H,2-3H2,1H3. The van der Waals surface area contributed by atoms with Gasteiger partial charge in [-0.05, 0) is 0 Å². The highest BCUT2D eigenvalue weighted by Gasteiger charge is 2.41. The smallest absolute Gasteiger partial charge is 0.351 e. The minimum atomic E-state index is -4.80. The fourth-order valence-electron chi connectivity index (χ4n) is 1.73. The minimum Gasteiger partial charge on any atom is -0.465 e. The third-order valence-electron chi connectivity index (χ3n) is 2.66. The number of halogens is 1. The maximum absolute atomic E-state index is 12.9. The molecule has 1 amide bonds. The molecule has 1 atom stereocenters. The van der Waals surface area contributed by atoms with Crippen molar-refractivity contribution < 1.29 is 26.6 Å². The quantitative estimate of drug-likeness (QED) is 0.590. The van der Waals surface area contributed by atoms with Crippen LogP contribution in [-0.2, 0) is 19.8 Å². The lowest BCUT2D eigenvalue weighted by Crippen LogP contribution is -2.28. The zero-order valence-electron chi connectivity index (χ0n) is 9.70. The predicted octanol–water partition coefficient (Wildman–Crippen LogP) is 0.334. The molecule has 1 aromatic heterocycles. The minimum absolute atomic E-state index is 0.00741. The Labute approximate surface area is 112 Å². The third-order valence-corrected chi connectivity index (χ3v) is 4.57. The van der Waals surface area contributed by atoms with E-state index in [9.17, 15) is 21.9 Å². The first-order valence-corrected chi connectivity index (χ1v) is 7.43. The summed E-state index contributed by atoms with van der Waals surface area (Å²) in [6, 6.07) is 0. The van der Waals surface area contributed by atoms with Gasteiger partial charge < -0.3 is 4.74 Å². The van der Waals surface area contributed by atoms with Gasteiger partial charge in [-0.2, -0.15) is 8.42 Å². The first kappa shape index (κ1) is 13.9. The Morgan fingerprint density at radius 1 is 1.63 bits per heavy atom. The number of nitrogens with zero attached hydrogens (tertiary/aromatic N) is 2. The molecule has 0 aliphatic carbocycles. The molecule has 1 aliphatic rings. The maximum atomic E-state index is 12.9. The molecule has 0 bridgehead atoms. The molecule has 0 spiro atoms. The fraction of sp³-hybridized carbons (Fsp3) is 0.444. The van der Waals surface area contributed by atoms with Crippen molar-refractivity contribution in [2.75, 3.05) is 18.6 Å². The molecule has 0 aromatic carbocycles. The van der Waals surface area contributed by atoms with Gasteiger partial charge in [0.25, 0.3) is 0 Å². The number of ether oxygens (including phenoxy) is 1. The monoisotopic (exact) mass is 308 g/mol. The lowest BCUT2D eigenvalue weighted by molar-refractivity contribution is -0.117. The van der Waals surface area contributed by atoms with Crippen molar-refractivity contribution in [3.63, 3.8) is 0 Å². The molecular weight excluding hydrogens is 299 g/mol. The second-order valence-electron chi connectivity index (χ2n) is 3.80. The molecule has 2 rings (SSSR count). The molecule has 1 unspecified atom stereocenters. The normalized spacial score (nSPS) is 19.8. The van der Waals surface area contributed by atoms with E-state index in [0.29, 0.717) is 0 Å². The first-order chi connectivity index (χ1) is 8.84. The zero-order chi connectivity index (χ0) is 14.2. The first-order valence-electron chi connectivity index (χ1n) is 5.10. The summed E-state index contributed by atoms with van der Waals surface area (Å²) in [4.78, 5) is 28.1. The predicted molar refractivity (Wildman–Crippen MR) is 64.2 cm³/mol. The number of aromatic nitrogens is 1. The molecular formula is C9H9FN2O5S2. The van der Waals surface area contributed by atoms with Gasteiger partial charge >= 0.3 is 16.2 Å². The number of rotatable bonds is 3. The van der Waals surface area contributed by atoms with Crippen molar-refractivity contribution >= 4 is 39.3 Å².